The van der Waals surface area contributed by atoms with E-state index in [4.69, 9.17) is 5.73 Å². The molecule has 2 aromatic rings. The summed E-state index contributed by atoms with van der Waals surface area (Å²) in [7, 11) is 0. The lowest BCUT2D eigenvalue weighted by Gasteiger charge is -2.08. The standard InChI is InChI=1S/C10H9F3N4/c11-10(12,13)7-1-3-8(4-2-7)17-9(5-14)6-15-16-17/h1-4,6H,5,14H2. The van der Waals surface area contributed by atoms with Crippen LogP contribution in [0, 0.1) is 0 Å². The molecule has 90 valence electrons. The molecular formula is C10H9F3N4. The van der Waals surface area contributed by atoms with Gasteiger partial charge in [0.2, 0.25) is 0 Å². The van der Waals surface area contributed by atoms with E-state index in [1.807, 2.05) is 0 Å². The van der Waals surface area contributed by atoms with Crippen LogP contribution in [0.2, 0.25) is 0 Å². The highest BCUT2D eigenvalue weighted by Gasteiger charge is 2.30. The molecule has 0 unspecified atom stereocenters. The van der Waals surface area contributed by atoms with Gasteiger partial charge in [-0.15, -0.1) is 5.10 Å². The first-order valence-corrected chi connectivity index (χ1v) is 4.79. The van der Waals surface area contributed by atoms with Crippen molar-refractivity contribution in [2.45, 2.75) is 12.7 Å². The third-order valence-corrected chi connectivity index (χ3v) is 2.27. The Morgan fingerprint density at radius 1 is 1.18 bits per heavy atom. The quantitative estimate of drug-likeness (QED) is 0.872. The molecule has 17 heavy (non-hydrogen) atoms. The van der Waals surface area contributed by atoms with Crippen LogP contribution < -0.4 is 5.73 Å². The van der Waals surface area contributed by atoms with Gasteiger partial charge in [0.15, 0.2) is 0 Å². The first kappa shape index (κ1) is 11.6. The molecule has 0 amide bonds. The Bertz CT molecular complexity index is 501. The number of hydrogen-bond donors (Lipinski definition) is 1. The van der Waals surface area contributed by atoms with Gasteiger partial charge in [0.05, 0.1) is 23.1 Å². The lowest BCUT2D eigenvalue weighted by Crippen LogP contribution is -2.08. The molecule has 1 aromatic heterocycles. The van der Waals surface area contributed by atoms with Gasteiger partial charge in [0, 0.05) is 6.54 Å². The van der Waals surface area contributed by atoms with Crippen LogP contribution in [0.1, 0.15) is 11.3 Å². The van der Waals surface area contributed by atoms with E-state index in [1.54, 1.807) is 0 Å². The average Bonchev–Trinajstić information content (AvgIpc) is 2.76. The van der Waals surface area contributed by atoms with Crippen LogP contribution in [-0.4, -0.2) is 15.0 Å². The summed E-state index contributed by atoms with van der Waals surface area (Å²) in [5, 5.41) is 7.41. The van der Waals surface area contributed by atoms with Crippen molar-refractivity contribution in [3.63, 3.8) is 0 Å². The van der Waals surface area contributed by atoms with E-state index in [1.165, 1.54) is 23.0 Å². The second kappa shape index (κ2) is 4.17. The predicted molar refractivity (Wildman–Crippen MR) is 54.3 cm³/mol. The number of nitrogens with two attached hydrogens (primary N) is 1. The SMILES string of the molecule is NCc1cnnn1-c1ccc(C(F)(F)F)cc1. The first-order valence-electron chi connectivity index (χ1n) is 4.79. The Balaban J connectivity index is 2.36. The number of nitrogens with zero attached hydrogens (tertiary/aromatic N) is 3. The molecule has 7 heteroatoms. The summed E-state index contributed by atoms with van der Waals surface area (Å²) in [6.07, 6.45) is -2.87. The third kappa shape index (κ3) is 2.28. The van der Waals surface area contributed by atoms with E-state index >= 15 is 0 Å². The van der Waals surface area contributed by atoms with Gasteiger partial charge >= 0.3 is 6.18 Å². The lowest BCUT2D eigenvalue weighted by molar-refractivity contribution is -0.137. The maximum atomic E-state index is 12.4. The zero-order valence-electron chi connectivity index (χ0n) is 8.65. The molecule has 1 heterocycles. The summed E-state index contributed by atoms with van der Waals surface area (Å²) in [5.74, 6) is 0. The molecule has 2 N–H and O–H groups in total. The summed E-state index contributed by atoms with van der Waals surface area (Å²) < 4.78 is 38.5. The molecule has 0 aliphatic carbocycles. The fourth-order valence-corrected chi connectivity index (χ4v) is 1.40. The van der Waals surface area contributed by atoms with Crippen LogP contribution >= 0.6 is 0 Å². The van der Waals surface area contributed by atoms with Crippen LogP contribution in [0.15, 0.2) is 30.5 Å². The number of hydrogen-bond acceptors (Lipinski definition) is 3. The van der Waals surface area contributed by atoms with Crippen molar-refractivity contribution in [3.8, 4) is 5.69 Å². The van der Waals surface area contributed by atoms with E-state index in [0.29, 0.717) is 11.4 Å². The van der Waals surface area contributed by atoms with Crippen molar-refractivity contribution in [2.24, 2.45) is 5.73 Å². The van der Waals surface area contributed by atoms with Gasteiger partial charge in [0.1, 0.15) is 0 Å². The molecule has 0 aliphatic rings. The molecule has 0 spiro atoms. The average molecular weight is 242 g/mol. The maximum absolute atomic E-state index is 12.4. The van der Waals surface area contributed by atoms with Crippen LogP contribution in [-0.2, 0) is 12.7 Å². The summed E-state index contributed by atoms with van der Waals surface area (Å²) in [6, 6.07) is 4.65. The smallest absolute Gasteiger partial charge is 0.325 e. The highest BCUT2D eigenvalue weighted by Crippen LogP contribution is 2.29. The molecule has 0 saturated heterocycles. The van der Waals surface area contributed by atoms with E-state index < -0.39 is 11.7 Å². The number of benzene rings is 1. The zero-order chi connectivity index (χ0) is 12.5. The lowest BCUT2D eigenvalue weighted by atomic mass is 10.2. The van der Waals surface area contributed by atoms with Crippen molar-refractivity contribution in [3.05, 3.63) is 41.7 Å². The molecular weight excluding hydrogens is 233 g/mol. The topological polar surface area (TPSA) is 56.7 Å². The Hall–Kier alpha value is -1.89. The number of halogens is 3. The van der Waals surface area contributed by atoms with Crippen molar-refractivity contribution in [2.75, 3.05) is 0 Å². The summed E-state index contributed by atoms with van der Waals surface area (Å²) >= 11 is 0. The monoisotopic (exact) mass is 242 g/mol. The fraction of sp³-hybridized carbons (Fsp3) is 0.200. The largest absolute Gasteiger partial charge is 0.416 e. The molecule has 2 rings (SSSR count). The van der Waals surface area contributed by atoms with Crippen molar-refractivity contribution >= 4 is 0 Å². The number of aromatic nitrogens is 3. The van der Waals surface area contributed by atoms with Gasteiger partial charge < -0.3 is 5.73 Å². The van der Waals surface area contributed by atoms with Crippen LogP contribution in [0.25, 0.3) is 5.69 Å². The van der Waals surface area contributed by atoms with Gasteiger partial charge in [-0.05, 0) is 24.3 Å². The number of alkyl halides is 3. The van der Waals surface area contributed by atoms with E-state index in [-0.39, 0.29) is 6.54 Å². The highest BCUT2D eigenvalue weighted by atomic mass is 19.4. The van der Waals surface area contributed by atoms with Crippen molar-refractivity contribution in [1.82, 2.24) is 15.0 Å². The third-order valence-electron chi connectivity index (χ3n) is 2.27. The number of rotatable bonds is 2. The Labute approximate surface area is 94.9 Å². The maximum Gasteiger partial charge on any atom is 0.416 e. The second-order valence-corrected chi connectivity index (χ2v) is 3.39. The van der Waals surface area contributed by atoms with Gasteiger partial charge in [0.25, 0.3) is 0 Å². The van der Waals surface area contributed by atoms with Gasteiger partial charge in [-0.2, -0.15) is 13.2 Å². The summed E-state index contributed by atoms with van der Waals surface area (Å²) in [6.45, 7) is 0.216. The molecule has 4 nitrogen and oxygen atoms in total. The van der Waals surface area contributed by atoms with Crippen LogP contribution in [0.5, 0.6) is 0 Å². The van der Waals surface area contributed by atoms with Gasteiger partial charge in [-0.3, -0.25) is 0 Å². The highest BCUT2D eigenvalue weighted by molar-refractivity contribution is 5.35. The van der Waals surface area contributed by atoms with Crippen molar-refractivity contribution in [1.29, 1.82) is 0 Å². The first-order chi connectivity index (χ1) is 8.02. The molecule has 0 radical (unpaired) electrons. The van der Waals surface area contributed by atoms with Crippen molar-refractivity contribution < 1.29 is 13.2 Å². The Morgan fingerprint density at radius 3 is 2.35 bits per heavy atom. The van der Waals surface area contributed by atoms with Crippen LogP contribution in [0.4, 0.5) is 13.2 Å². The fourth-order valence-electron chi connectivity index (χ4n) is 1.40. The van der Waals surface area contributed by atoms with Crippen LogP contribution in [0.3, 0.4) is 0 Å². The Kier molecular flexibility index (Phi) is 2.84. The van der Waals surface area contributed by atoms with Gasteiger partial charge in [-0.1, -0.05) is 5.21 Å². The second-order valence-electron chi connectivity index (χ2n) is 3.39. The normalized spacial score (nSPS) is 11.8. The molecule has 0 aliphatic heterocycles. The van der Waals surface area contributed by atoms with Gasteiger partial charge in [-0.25, -0.2) is 4.68 Å². The molecule has 0 fully saturated rings. The Morgan fingerprint density at radius 2 is 1.82 bits per heavy atom. The zero-order valence-corrected chi connectivity index (χ0v) is 8.65. The molecule has 0 saturated carbocycles. The molecule has 1 aromatic carbocycles. The minimum atomic E-state index is -4.34. The van der Waals surface area contributed by atoms with E-state index in [0.717, 1.165) is 12.1 Å². The predicted octanol–water partition coefficient (Wildman–Crippen LogP) is 1.74. The minimum absolute atomic E-state index is 0.216. The summed E-state index contributed by atoms with van der Waals surface area (Å²) in [5.41, 5.74) is 5.88. The molecule has 0 bridgehead atoms. The van der Waals surface area contributed by atoms with E-state index in [2.05, 4.69) is 10.3 Å². The molecule has 0 atom stereocenters. The minimum Gasteiger partial charge on any atom is -0.325 e. The van der Waals surface area contributed by atoms with E-state index in [9.17, 15) is 13.2 Å². The summed E-state index contributed by atoms with van der Waals surface area (Å²) in [4.78, 5) is 0.